The van der Waals surface area contributed by atoms with Gasteiger partial charge in [-0.25, -0.2) is 0 Å². The minimum absolute atomic E-state index is 0.723. The maximum absolute atomic E-state index is 6.03. The van der Waals surface area contributed by atoms with Crippen molar-refractivity contribution < 1.29 is 9.47 Å². The number of benzene rings is 1. The van der Waals surface area contributed by atoms with Crippen molar-refractivity contribution in [2.24, 2.45) is 0 Å². The molecule has 4 heteroatoms. The first-order valence-electron chi connectivity index (χ1n) is 4.67. The van der Waals surface area contributed by atoms with E-state index in [-0.39, 0.29) is 0 Å². The fourth-order valence-electron chi connectivity index (χ4n) is 2.09. The van der Waals surface area contributed by atoms with Crippen molar-refractivity contribution in [3.8, 4) is 11.5 Å². The Bertz CT molecular complexity index is 345. The Hall–Kier alpha value is -0.900. The van der Waals surface area contributed by atoms with Crippen LogP contribution in [0.2, 0.25) is 0 Å². The Kier molecular flexibility index (Phi) is 1.68. The third kappa shape index (κ3) is 0.919. The van der Waals surface area contributed by atoms with Gasteiger partial charge in [0.15, 0.2) is 0 Å². The fourth-order valence-corrected chi connectivity index (χ4v) is 2.82. The highest BCUT2D eigenvalue weighted by Gasteiger charge is 2.28. The number of ether oxygens (including phenoxy) is 2. The number of nitrogen functional groups attached to an aromatic ring is 1. The highest BCUT2D eigenvalue weighted by atomic mass is 79.9. The van der Waals surface area contributed by atoms with Crippen molar-refractivity contribution in [2.75, 3.05) is 18.9 Å². The highest BCUT2D eigenvalue weighted by molar-refractivity contribution is 9.10. The van der Waals surface area contributed by atoms with E-state index in [1.54, 1.807) is 0 Å². The summed E-state index contributed by atoms with van der Waals surface area (Å²) in [6.45, 7) is 1.45. The molecule has 0 fully saturated rings. The molecule has 2 aliphatic heterocycles. The molecule has 0 aliphatic carbocycles. The van der Waals surface area contributed by atoms with Gasteiger partial charge in [-0.1, -0.05) is 0 Å². The van der Waals surface area contributed by atoms with Crippen LogP contribution in [0.3, 0.4) is 0 Å². The van der Waals surface area contributed by atoms with Crippen LogP contribution in [0.4, 0.5) is 5.69 Å². The Morgan fingerprint density at radius 1 is 1.00 bits per heavy atom. The van der Waals surface area contributed by atoms with Crippen molar-refractivity contribution >= 4 is 21.6 Å². The Morgan fingerprint density at radius 3 is 2.43 bits per heavy atom. The summed E-state index contributed by atoms with van der Waals surface area (Å²) < 4.78 is 12.1. The van der Waals surface area contributed by atoms with Gasteiger partial charge in [-0.15, -0.1) is 0 Å². The van der Waals surface area contributed by atoms with Crippen LogP contribution in [0.5, 0.6) is 11.5 Å². The van der Waals surface area contributed by atoms with E-state index in [1.165, 1.54) is 0 Å². The minimum atomic E-state index is 0.723. The van der Waals surface area contributed by atoms with Gasteiger partial charge in [0.1, 0.15) is 11.5 Å². The Morgan fingerprint density at radius 2 is 1.64 bits per heavy atom. The topological polar surface area (TPSA) is 44.5 Å². The van der Waals surface area contributed by atoms with Crippen LogP contribution in [0.1, 0.15) is 11.1 Å². The lowest BCUT2D eigenvalue weighted by Crippen LogP contribution is -1.96. The molecule has 0 atom stereocenters. The van der Waals surface area contributed by atoms with Gasteiger partial charge < -0.3 is 15.2 Å². The molecule has 0 saturated carbocycles. The van der Waals surface area contributed by atoms with Gasteiger partial charge in [-0.3, -0.25) is 0 Å². The normalized spacial score (nSPS) is 17.2. The molecular weight excluding hydrogens is 246 g/mol. The second-order valence-corrected chi connectivity index (χ2v) is 4.33. The second-order valence-electron chi connectivity index (χ2n) is 3.54. The van der Waals surface area contributed by atoms with E-state index in [9.17, 15) is 0 Å². The van der Waals surface area contributed by atoms with Crippen molar-refractivity contribution in [2.45, 2.75) is 12.8 Å². The van der Waals surface area contributed by atoms with Crippen LogP contribution in [0.15, 0.2) is 4.47 Å². The van der Waals surface area contributed by atoms with E-state index >= 15 is 0 Å². The van der Waals surface area contributed by atoms with Gasteiger partial charge in [0.25, 0.3) is 0 Å². The van der Waals surface area contributed by atoms with E-state index in [0.717, 1.165) is 58.8 Å². The number of rotatable bonds is 0. The quantitative estimate of drug-likeness (QED) is 0.721. The zero-order valence-corrected chi connectivity index (χ0v) is 9.19. The van der Waals surface area contributed by atoms with E-state index in [0.29, 0.717) is 0 Å². The second kappa shape index (κ2) is 2.79. The van der Waals surface area contributed by atoms with E-state index in [1.807, 2.05) is 0 Å². The summed E-state index contributed by atoms with van der Waals surface area (Å²) in [4.78, 5) is 0. The third-order valence-electron chi connectivity index (χ3n) is 2.78. The molecule has 0 spiro atoms. The van der Waals surface area contributed by atoms with Crippen molar-refractivity contribution in [3.63, 3.8) is 0 Å². The zero-order valence-electron chi connectivity index (χ0n) is 7.60. The number of hydrogen-bond donors (Lipinski definition) is 1. The first-order valence-corrected chi connectivity index (χ1v) is 5.46. The molecule has 74 valence electrons. The maximum Gasteiger partial charge on any atom is 0.147 e. The van der Waals surface area contributed by atoms with Gasteiger partial charge in [-0.05, 0) is 15.9 Å². The van der Waals surface area contributed by atoms with Crippen LogP contribution < -0.4 is 15.2 Å². The monoisotopic (exact) mass is 255 g/mol. The highest BCUT2D eigenvalue weighted by Crippen LogP contribution is 2.48. The van der Waals surface area contributed by atoms with Crippen molar-refractivity contribution in [3.05, 3.63) is 15.6 Å². The molecule has 0 radical (unpaired) electrons. The average molecular weight is 256 g/mol. The number of hydrogen-bond acceptors (Lipinski definition) is 3. The first kappa shape index (κ1) is 8.41. The Labute approximate surface area is 90.3 Å². The molecule has 1 aromatic rings. The van der Waals surface area contributed by atoms with Gasteiger partial charge in [0.2, 0.25) is 0 Å². The van der Waals surface area contributed by atoms with E-state index in [4.69, 9.17) is 15.2 Å². The predicted molar refractivity (Wildman–Crippen MR) is 57.0 cm³/mol. The Balaban J connectivity index is 2.33. The first-order chi connectivity index (χ1) is 6.79. The van der Waals surface area contributed by atoms with Crippen LogP contribution >= 0.6 is 15.9 Å². The third-order valence-corrected chi connectivity index (χ3v) is 3.62. The lowest BCUT2D eigenvalue weighted by Gasteiger charge is -2.10. The smallest absolute Gasteiger partial charge is 0.147 e. The zero-order chi connectivity index (χ0) is 9.71. The molecule has 3 nitrogen and oxygen atoms in total. The predicted octanol–water partition coefficient (Wildman–Crippen LogP) is 1.90. The van der Waals surface area contributed by atoms with Gasteiger partial charge in [0.05, 0.1) is 23.4 Å². The molecular formula is C10H10BrNO2. The summed E-state index contributed by atoms with van der Waals surface area (Å²) in [6.07, 6.45) is 1.80. The fraction of sp³-hybridized carbons (Fsp3) is 0.400. The summed E-state index contributed by atoms with van der Waals surface area (Å²) in [5.41, 5.74) is 9.05. The van der Waals surface area contributed by atoms with Crippen LogP contribution in [0.25, 0.3) is 0 Å². The molecule has 2 aliphatic rings. The van der Waals surface area contributed by atoms with Crippen LogP contribution in [-0.2, 0) is 12.8 Å². The molecule has 2 N–H and O–H groups in total. The van der Waals surface area contributed by atoms with Gasteiger partial charge >= 0.3 is 0 Å². The number of fused-ring (bicyclic) bond motifs is 2. The van der Waals surface area contributed by atoms with E-state index in [2.05, 4.69) is 15.9 Å². The van der Waals surface area contributed by atoms with Crippen LogP contribution in [0, 0.1) is 0 Å². The van der Waals surface area contributed by atoms with Crippen LogP contribution in [-0.4, -0.2) is 13.2 Å². The van der Waals surface area contributed by atoms with Crippen molar-refractivity contribution in [1.82, 2.24) is 0 Å². The molecule has 0 amide bonds. The molecule has 1 aromatic carbocycles. The number of halogens is 1. The average Bonchev–Trinajstić information content (AvgIpc) is 2.82. The SMILES string of the molecule is Nc1c2c(c(Br)c3c1OCC3)OCC2. The summed E-state index contributed by atoms with van der Waals surface area (Å²) in [5, 5.41) is 0. The lowest BCUT2D eigenvalue weighted by molar-refractivity contribution is 0.354. The van der Waals surface area contributed by atoms with Crippen molar-refractivity contribution in [1.29, 1.82) is 0 Å². The maximum atomic E-state index is 6.03. The standard InChI is InChI=1S/C10H10BrNO2/c11-7-5-1-3-14-10(5)8(12)6-2-4-13-9(6)7/h1-4,12H2. The number of nitrogens with two attached hydrogens (primary N) is 1. The van der Waals surface area contributed by atoms with E-state index < -0.39 is 0 Å². The molecule has 0 saturated heterocycles. The number of anilines is 1. The van der Waals surface area contributed by atoms with Gasteiger partial charge in [0, 0.05) is 24.0 Å². The summed E-state index contributed by atoms with van der Waals surface area (Å²) in [6, 6.07) is 0. The molecule has 0 unspecified atom stereocenters. The largest absolute Gasteiger partial charge is 0.492 e. The summed E-state index contributed by atoms with van der Waals surface area (Å²) in [7, 11) is 0. The van der Waals surface area contributed by atoms with Gasteiger partial charge in [-0.2, -0.15) is 0 Å². The molecule has 0 aromatic heterocycles. The molecule has 2 heterocycles. The minimum Gasteiger partial charge on any atom is -0.492 e. The summed E-state index contributed by atoms with van der Waals surface area (Å²) >= 11 is 3.56. The molecule has 0 bridgehead atoms. The lowest BCUT2D eigenvalue weighted by atomic mass is 10.0. The summed E-state index contributed by atoms with van der Waals surface area (Å²) in [5.74, 6) is 1.79. The molecule has 14 heavy (non-hydrogen) atoms. The molecule has 3 rings (SSSR count).